The van der Waals surface area contributed by atoms with E-state index in [4.69, 9.17) is 0 Å². The minimum atomic E-state index is -3.99. The van der Waals surface area contributed by atoms with Gasteiger partial charge in [0, 0.05) is 16.6 Å². The van der Waals surface area contributed by atoms with E-state index in [1.54, 1.807) is 25.1 Å². The molecule has 0 unspecified atom stereocenters. The highest BCUT2D eigenvalue weighted by Crippen LogP contribution is 2.22. The molecule has 0 aliphatic heterocycles. The minimum Gasteiger partial charge on any atom is -0.350 e. The zero-order valence-corrected chi connectivity index (χ0v) is 21.7. The molecule has 2 rings (SSSR count). The molecule has 1 N–H and O–H groups in total. The highest BCUT2D eigenvalue weighted by molar-refractivity contribution is 9.10. The van der Waals surface area contributed by atoms with E-state index in [1.807, 2.05) is 26.8 Å². The van der Waals surface area contributed by atoms with E-state index in [1.165, 1.54) is 23.1 Å². The van der Waals surface area contributed by atoms with Gasteiger partial charge in [0.15, 0.2) is 0 Å². The maximum absolute atomic E-state index is 14.4. The molecular weight excluding hydrogens is 513 g/mol. The number of para-hydroxylation sites is 1. The van der Waals surface area contributed by atoms with Crippen LogP contribution in [0.4, 0.5) is 10.1 Å². The number of anilines is 1. The van der Waals surface area contributed by atoms with E-state index in [-0.39, 0.29) is 18.1 Å². The number of carbonyl (C=O) groups is 2. The molecule has 0 aliphatic rings. The van der Waals surface area contributed by atoms with Crippen molar-refractivity contribution in [3.63, 3.8) is 0 Å². The Hall–Kier alpha value is -2.46. The van der Waals surface area contributed by atoms with Gasteiger partial charge in [-0.15, -0.1) is 0 Å². The first-order chi connectivity index (χ1) is 15.2. The standard InChI is InChI=1S/C23H29BrFN3O4S/c1-16(22(30)26-23(2,3)4)27(14-17-9-8-10-18(24)13-17)21(29)15-28(33(5,31)32)20-12-7-6-11-19(20)25/h6-13,16H,14-15H2,1-5H3,(H,26,30)/t16-/m0/s1. The van der Waals surface area contributed by atoms with Crippen molar-refractivity contribution in [1.82, 2.24) is 10.2 Å². The molecule has 0 aromatic heterocycles. The molecule has 2 aromatic carbocycles. The Labute approximate surface area is 203 Å². The first-order valence-corrected chi connectivity index (χ1v) is 12.9. The van der Waals surface area contributed by atoms with Crippen molar-refractivity contribution in [3.8, 4) is 0 Å². The van der Waals surface area contributed by atoms with E-state index < -0.39 is 39.9 Å². The van der Waals surface area contributed by atoms with Crippen LogP contribution in [0.1, 0.15) is 33.3 Å². The molecule has 0 spiro atoms. The SMILES string of the molecule is C[C@@H](C(=O)NC(C)(C)C)N(Cc1cccc(Br)c1)C(=O)CN(c1ccccc1F)S(C)(=O)=O. The number of carbonyl (C=O) groups excluding carboxylic acids is 2. The van der Waals surface area contributed by atoms with Crippen LogP contribution in [0.2, 0.25) is 0 Å². The fraction of sp³-hybridized carbons (Fsp3) is 0.391. The smallest absolute Gasteiger partial charge is 0.244 e. The monoisotopic (exact) mass is 541 g/mol. The molecule has 0 saturated heterocycles. The second-order valence-corrected chi connectivity index (χ2v) is 11.6. The van der Waals surface area contributed by atoms with Gasteiger partial charge >= 0.3 is 0 Å². The van der Waals surface area contributed by atoms with Gasteiger partial charge in [-0.05, 0) is 57.5 Å². The van der Waals surface area contributed by atoms with Crippen molar-refractivity contribution >= 4 is 43.5 Å². The van der Waals surface area contributed by atoms with Gasteiger partial charge in [-0.25, -0.2) is 12.8 Å². The lowest BCUT2D eigenvalue weighted by Crippen LogP contribution is -2.54. The second-order valence-electron chi connectivity index (χ2n) is 8.79. The minimum absolute atomic E-state index is 0.0614. The normalized spacial score (nSPS) is 12.7. The van der Waals surface area contributed by atoms with E-state index in [2.05, 4.69) is 21.2 Å². The van der Waals surface area contributed by atoms with Gasteiger partial charge in [0.1, 0.15) is 18.4 Å². The number of nitrogens with zero attached hydrogens (tertiary/aromatic N) is 2. The fourth-order valence-corrected chi connectivity index (χ4v) is 4.43. The van der Waals surface area contributed by atoms with Crippen molar-refractivity contribution in [2.45, 2.75) is 45.8 Å². The molecule has 7 nitrogen and oxygen atoms in total. The quantitative estimate of drug-likeness (QED) is 0.552. The van der Waals surface area contributed by atoms with Gasteiger partial charge in [0.05, 0.1) is 11.9 Å². The van der Waals surface area contributed by atoms with Crippen LogP contribution < -0.4 is 9.62 Å². The molecule has 0 radical (unpaired) electrons. The number of nitrogens with one attached hydrogen (secondary N) is 1. The van der Waals surface area contributed by atoms with Crippen LogP contribution in [-0.4, -0.2) is 49.5 Å². The molecule has 1 atom stereocenters. The lowest BCUT2D eigenvalue weighted by molar-refractivity contribution is -0.140. The summed E-state index contributed by atoms with van der Waals surface area (Å²) in [6.45, 7) is 6.45. The van der Waals surface area contributed by atoms with Crippen LogP contribution in [0.15, 0.2) is 53.0 Å². The molecule has 10 heteroatoms. The summed E-state index contributed by atoms with van der Waals surface area (Å²) in [7, 11) is -3.99. The lowest BCUT2D eigenvalue weighted by Gasteiger charge is -2.33. The predicted molar refractivity (Wildman–Crippen MR) is 131 cm³/mol. The van der Waals surface area contributed by atoms with Crippen LogP contribution in [-0.2, 0) is 26.2 Å². The maximum atomic E-state index is 14.4. The highest BCUT2D eigenvalue weighted by atomic mass is 79.9. The van der Waals surface area contributed by atoms with Crippen LogP contribution in [0.3, 0.4) is 0 Å². The number of amides is 2. The van der Waals surface area contributed by atoms with Crippen molar-refractivity contribution in [1.29, 1.82) is 0 Å². The lowest BCUT2D eigenvalue weighted by atomic mass is 10.1. The molecule has 2 aromatic rings. The Morgan fingerprint density at radius 1 is 1.12 bits per heavy atom. The summed E-state index contributed by atoms with van der Waals surface area (Å²) in [5, 5.41) is 2.84. The van der Waals surface area contributed by atoms with Crippen LogP contribution in [0.5, 0.6) is 0 Å². The van der Waals surface area contributed by atoms with Crippen molar-refractivity contribution in [3.05, 3.63) is 64.4 Å². The molecular formula is C23H29BrFN3O4S. The van der Waals surface area contributed by atoms with E-state index >= 15 is 0 Å². The molecule has 0 saturated carbocycles. The summed E-state index contributed by atoms with van der Waals surface area (Å²) in [6.07, 6.45) is 0.904. The average molecular weight is 542 g/mol. The number of rotatable bonds is 8. The largest absolute Gasteiger partial charge is 0.350 e. The highest BCUT2D eigenvalue weighted by Gasteiger charge is 2.32. The third kappa shape index (κ3) is 7.82. The Balaban J connectivity index is 2.42. The predicted octanol–water partition coefficient (Wildman–Crippen LogP) is 3.69. The Kier molecular flexibility index (Phi) is 8.64. The van der Waals surface area contributed by atoms with Gasteiger partial charge in [0.25, 0.3) is 0 Å². The Morgan fingerprint density at radius 3 is 2.30 bits per heavy atom. The third-order valence-electron chi connectivity index (χ3n) is 4.71. The summed E-state index contributed by atoms with van der Waals surface area (Å²) in [5.41, 5.74) is -0.0191. The summed E-state index contributed by atoms with van der Waals surface area (Å²) < 4.78 is 40.8. The molecule has 33 heavy (non-hydrogen) atoms. The van der Waals surface area contributed by atoms with Crippen LogP contribution in [0.25, 0.3) is 0 Å². The number of hydrogen-bond acceptors (Lipinski definition) is 4. The summed E-state index contributed by atoms with van der Waals surface area (Å²) in [4.78, 5) is 27.5. The number of halogens is 2. The number of hydrogen-bond donors (Lipinski definition) is 1. The van der Waals surface area contributed by atoms with Crippen LogP contribution >= 0.6 is 15.9 Å². The zero-order valence-electron chi connectivity index (χ0n) is 19.3. The Morgan fingerprint density at radius 2 is 1.76 bits per heavy atom. The topological polar surface area (TPSA) is 86.8 Å². The zero-order chi connectivity index (χ0) is 25.0. The molecule has 0 fully saturated rings. The van der Waals surface area contributed by atoms with Gasteiger partial charge in [0.2, 0.25) is 21.8 Å². The first-order valence-electron chi connectivity index (χ1n) is 10.3. The number of benzene rings is 2. The molecule has 180 valence electrons. The molecule has 0 heterocycles. The summed E-state index contributed by atoms with van der Waals surface area (Å²) in [6, 6.07) is 11.6. The average Bonchev–Trinajstić information content (AvgIpc) is 2.68. The molecule has 0 aliphatic carbocycles. The van der Waals surface area contributed by atoms with E-state index in [9.17, 15) is 22.4 Å². The van der Waals surface area contributed by atoms with Gasteiger partial charge in [-0.3, -0.25) is 13.9 Å². The molecule has 2 amide bonds. The first kappa shape index (κ1) is 26.8. The van der Waals surface area contributed by atoms with Crippen molar-refractivity contribution < 1.29 is 22.4 Å². The second kappa shape index (κ2) is 10.6. The van der Waals surface area contributed by atoms with E-state index in [0.29, 0.717) is 4.31 Å². The fourth-order valence-electron chi connectivity index (χ4n) is 3.14. The Bertz CT molecular complexity index is 1120. The summed E-state index contributed by atoms with van der Waals surface area (Å²) in [5.74, 6) is -1.80. The summed E-state index contributed by atoms with van der Waals surface area (Å²) >= 11 is 3.39. The number of sulfonamides is 1. The molecule has 0 bridgehead atoms. The van der Waals surface area contributed by atoms with Crippen LogP contribution in [0, 0.1) is 5.82 Å². The van der Waals surface area contributed by atoms with Crippen molar-refractivity contribution in [2.24, 2.45) is 0 Å². The van der Waals surface area contributed by atoms with Crippen molar-refractivity contribution in [2.75, 3.05) is 17.1 Å². The van der Waals surface area contributed by atoms with Gasteiger partial charge in [-0.1, -0.05) is 40.2 Å². The van der Waals surface area contributed by atoms with Gasteiger partial charge in [-0.2, -0.15) is 0 Å². The van der Waals surface area contributed by atoms with Gasteiger partial charge < -0.3 is 10.2 Å². The third-order valence-corrected chi connectivity index (χ3v) is 6.33. The van der Waals surface area contributed by atoms with E-state index in [0.717, 1.165) is 22.4 Å². The maximum Gasteiger partial charge on any atom is 0.244 e.